The van der Waals surface area contributed by atoms with Crippen molar-refractivity contribution in [3.05, 3.63) is 169 Å². The minimum atomic E-state index is 1.14. The largest absolute Gasteiger partial charge is 0.313 e. The van der Waals surface area contributed by atoms with Gasteiger partial charge in [0.2, 0.25) is 0 Å². The van der Waals surface area contributed by atoms with E-state index in [0.717, 1.165) is 12.8 Å². The van der Waals surface area contributed by atoms with Crippen molar-refractivity contribution < 1.29 is 0 Å². The molecular weight excluding hydrogens is 605 g/mol. The van der Waals surface area contributed by atoms with Crippen molar-refractivity contribution in [1.29, 1.82) is 0 Å². The molecule has 50 heavy (non-hydrogen) atoms. The summed E-state index contributed by atoms with van der Waals surface area (Å²) in [6, 6.07) is 58.7. The average molecular weight is 639 g/mol. The summed E-state index contributed by atoms with van der Waals surface area (Å²) in [7, 11) is 0. The molecule has 0 unspecified atom stereocenters. The molecule has 0 aliphatic heterocycles. The zero-order chi connectivity index (χ0) is 32.8. The molecule has 8 aromatic carbocycles. The number of fused-ring (bicyclic) bond motifs is 12. The van der Waals surface area contributed by atoms with Gasteiger partial charge in [-0.25, -0.2) is 0 Å². The fraction of sp³-hybridized carbons (Fsp3) is 0.0833. The first-order chi connectivity index (χ1) is 24.8. The van der Waals surface area contributed by atoms with Gasteiger partial charge in [0, 0.05) is 33.2 Å². The Morgan fingerprint density at radius 2 is 0.860 bits per heavy atom. The fourth-order valence-electron chi connectivity index (χ4n) is 9.06. The molecule has 236 valence electrons. The zero-order valence-electron chi connectivity index (χ0n) is 27.7. The van der Waals surface area contributed by atoms with Crippen LogP contribution in [-0.2, 0) is 12.8 Å². The van der Waals surface area contributed by atoms with Gasteiger partial charge in [-0.15, -0.1) is 0 Å². The van der Waals surface area contributed by atoms with Crippen molar-refractivity contribution in [1.82, 2.24) is 9.13 Å². The molecule has 0 saturated heterocycles. The number of para-hydroxylation sites is 2. The van der Waals surface area contributed by atoms with E-state index in [9.17, 15) is 0 Å². The Kier molecular flexibility index (Phi) is 5.94. The van der Waals surface area contributed by atoms with Crippen LogP contribution in [0.1, 0.15) is 24.1 Å². The number of aromatic nitrogens is 2. The highest BCUT2D eigenvalue weighted by atomic mass is 15.0. The molecule has 0 radical (unpaired) electrons. The van der Waals surface area contributed by atoms with Gasteiger partial charge in [0.05, 0.1) is 16.6 Å². The third kappa shape index (κ3) is 3.96. The molecule has 2 nitrogen and oxygen atoms in total. The van der Waals surface area contributed by atoms with Gasteiger partial charge in [-0.2, -0.15) is 0 Å². The van der Waals surface area contributed by atoms with E-state index in [-0.39, 0.29) is 0 Å². The second kappa shape index (κ2) is 10.7. The van der Waals surface area contributed by atoms with Crippen LogP contribution in [0.2, 0.25) is 0 Å². The van der Waals surface area contributed by atoms with Crippen LogP contribution >= 0.6 is 0 Å². The van der Waals surface area contributed by atoms with E-state index < -0.39 is 0 Å². The molecule has 0 bridgehead atoms. The first kappa shape index (κ1) is 27.8. The van der Waals surface area contributed by atoms with Crippen LogP contribution in [0.4, 0.5) is 0 Å². The first-order valence-corrected chi connectivity index (χ1v) is 17.9. The lowest BCUT2D eigenvalue weighted by atomic mass is 9.94. The summed E-state index contributed by atoms with van der Waals surface area (Å²) in [5.41, 5.74) is 11.8. The summed E-state index contributed by atoms with van der Waals surface area (Å²) in [6.07, 6.45) is 4.81. The smallest absolute Gasteiger partial charge is 0.0541 e. The van der Waals surface area contributed by atoms with E-state index in [0.29, 0.717) is 0 Å². The highest BCUT2D eigenvalue weighted by molar-refractivity contribution is 6.25. The Hall–Kier alpha value is -6.12. The van der Waals surface area contributed by atoms with Crippen LogP contribution < -0.4 is 0 Å². The number of nitrogens with zero attached hydrogens (tertiary/aromatic N) is 2. The van der Waals surface area contributed by atoms with Crippen LogP contribution in [0.5, 0.6) is 0 Å². The van der Waals surface area contributed by atoms with E-state index in [1.54, 1.807) is 0 Å². The summed E-state index contributed by atoms with van der Waals surface area (Å²) in [6.45, 7) is 0. The summed E-state index contributed by atoms with van der Waals surface area (Å²) >= 11 is 0. The fourth-order valence-corrected chi connectivity index (χ4v) is 9.06. The van der Waals surface area contributed by atoms with Crippen LogP contribution in [0.15, 0.2) is 158 Å². The monoisotopic (exact) mass is 638 g/mol. The molecule has 0 spiro atoms. The standard InChI is InChI=1S/C48H34N2/c1-2-12-33(13-3-1)49-45-20-10-8-18-40(45)43-28-31(22-26-47(43)49)32-23-27-48-44(29-32)41-19-9-11-21-46(41)50(48)34-24-25-39-37-16-5-4-14-35(37)36-15-6-7-17-38(36)42(39)30-34/h1-7,9,11-17,19,21-30H,8,10,18,20H2. The molecule has 11 rings (SSSR count). The SMILES string of the molecule is c1ccc(-n2c3c(c4cc(-c5ccc6c(c5)c5ccccc5n6-c5ccc6c7ccccc7c7ccccc7c6c5)ccc42)CCCC3)cc1. The van der Waals surface area contributed by atoms with Crippen molar-refractivity contribution >= 4 is 65.0 Å². The predicted octanol–water partition coefficient (Wildman–Crippen LogP) is 12.7. The van der Waals surface area contributed by atoms with Crippen molar-refractivity contribution in [3.8, 4) is 22.5 Å². The van der Waals surface area contributed by atoms with Gasteiger partial charge in [0.1, 0.15) is 0 Å². The molecule has 0 amide bonds. The second-order valence-electron chi connectivity index (χ2n) is 13.9. The van der Waals surface area contributed by atoms with Crippen LogP contribution in [0.3, 0.4) is 0 Å². The van der Waals surface area contributed by atoms with Gasteiger partial charge < -0.3 is 9.13 Å². The summed E-state index contributed by atoms with van der Waals surface area (Å²) < 4.78 is 4.97. The molecule has 1 aliphatic rings. The third-order valence-electron chi connectivity index (χ3n) is 11.3. The lowest BCUT2D eigenvalue weighted by Crippen LogP contribution is -2.06. The molecule has 2 heteroatoms. The average Bonchev–Trinajstić information content (AvgIpc) is 3.70. The number of benzene rings is 8. The highest BCUT2D eigenvalue weighted by Gasteiger charge is 2.22. The number of hydrogen-bond acceptors (Lipinski definition) is 0. The van der Waals surface area contributed by atoms with Gasteiger partial charge in [-0.05, 0) is 129 Å². The molecule has 0 N–H and O–H groups in total. The van der Waals surface area contributed by atoms with Gasteiger partial charge in [-0.3, -0.25) is 0 Å². The third-order valence-corrected chi connectivity index (χ3v) is 11.3. The van der Waals surface area contributed by atoms with Crippen LogP contribution in [-0.4, -0.2) is 9.13 Å². The van der Waals surface area contributed by atoms with Gasteiger partial charge in [0.25, 0.3) is 0 Å². The van der Waals surface area contributed by atoms with Crippen molar-refractivity contribution in [2.75, 3.05) is 0 Å². The predicted molar refractivity (Wildman–Crippen MR) is 212 cm³/mol. The number of hydrogen-bond donors (Lipinski definition) is 0. The normalized spacial score (nSPS) is 13.3. The lowest BCUT2D eigenvalue weighted by Gasteiger charge is -2.16. The molecule has 0 saturated carbocycles. The van der Waals surface area contributed by atoms with E-state index in [2.05, 4.69) is 167 Å². The first-order valence-electron chi connectivity index (χ1n) is 17.9. The Balaban J connectivity index is 1.11. The molecule has 0 fully saturated rings. The van der Waals surface area contributed by atoms with Crippen molar-refractivity contribution in [3.63, 3.8) is 0 Å². The molecule has 0 atom stereocenters. The van der Waals surface area contributed by atoms with E-state index >= 15 is 0 Å². The minimum absolute atomic E-state index is 1.14. The molecule has 10 aromatic rings. The van der Waals surface area contributed by atoms with Crippen LogP contribution in [0, 0.1) is 0 Å². The lowest BCUT2D eigenvalue weighted by molar-refractivity contribution is 0.667. The topological polar surface area (TPSA) is 9.86 Å². The highest BCUT2D eigenvalue weighted by Crippen LogP contribution is 2.41. The Labute approximate surface area is 290 Å². The Morgan fingerprint density at radius 3 is 1.58 bits per heavy atom. The zero-order valence-corrected chi connectivity index (χ0v) is 27.7. The van der Waals surface area contributed by atoms with E-state index in [1.807, 2.05) is 0 Å². The number of aryl methyl sites for hydroxylation is 1. The maximum Gasteiger partial charge on any atom is 0.0541 e. The molecule has 2 aromatic heterocycles. The Morgan fingerprint density at radius 1 is 0.320 bits per heavy atom. The van der Waals surface area contributed by atoms with E-state index in [1.165, 1.54) is 112 Å². The summed E-state index contributed by atoms with van der Waals surface area (Å²) in [4.78, 5) is 0. The van der Waals surface area contributed by atoms with Crippen molar-refractivity contribution in [2.24, 2.45) is 0 Å². The maximum atomic E-state index is 2.51. The summed E-state index contributed by atoms with van der Waals surface area (Å²) in [5.74, 6) is 0. The van der Waals surface area contributed by atoms with Crippen LogP contribution in [0.25, 0.3) is 87.5 Å². The van der Waals surface area contributed by atoms with Gasteiger partial charge in [0.15, 0.2) is 0 Å². The molecule has 2 heterocycles. The van der Waals surface area contributed by atoms with Crippen molar-refractivity contribution in [2.45, 2.75) is 25.7 Å². The van der Waals surface area contributed by atoms with E-state index in [4.69, 9.17) is 0 Å². The quantitative estimate of drug-likeness (QED) is 0.170. The summed E-state index contributed by atoms with van der Waals surface area (Å²) in [5, 5.41) is 11.8. The Bertz CT molecular complexity index is 2940. The maximum absolute atomic E-state index is 2.51. The number of rotatable bonds is 3. The molecule has 1 aliphatic carbocycles. The van der Waals surface area contributed by atoms with Gasteiger partial charge in [-0.1, -0.05) is 103 Å². The second-order valence-corrected chi connectivity index (χ2v) is 13.9. The molecular formula is C48H34N2. The minimum Gasteiger partial charge on any atom is -0.313 e. The van der Waals surface area contributed by atoms with Gasteiger partial charge >= 0.3 is 0 Å².